The van der Waals surface area contributed by atoms with E-state index in [1.807, 2.05) is 0 Å². The van der Waals surface area contributed by atoms with Crippen LogP contribution in [-0.2, 0) is 12.1 Å². The fraction of sp³-hybridized carbons (Fsp3) is 0.208. The van der Waals surface area contributed by atoms with Crippen LogP contribution in [0.25, 0.3) is 50.0 Å². The third kappa shape index (κ3) is 4.92. The number of pyridine rings is 1. The van der Waals surface area contributed by atoms with Crippen molar-refractivity contribution in [1.82, 2.24) is 19.1 Å². The van der Waals surface area contributed by atoms with E-state index in [2.05, 4.69) is 178 Å². The lowest BCUT2D eigenvalue weighted by Gasteiger charge is -2.62. The third-order valence-electron chi connectivity index (χ3n) is 14.5. The fourth-order valence-corrected chi connectivity index (χ4v) is 12.4. The largest absolute Gasteiger partial charge is 0.457 e. The molecule has 1 aliphatic heterocycles. The molecule has 4 saturated carbocycles. The Balaban J connectivity index is 0.899. The van der Waals surface area contributed by atoms with E-state index in [4.69, 9.17) is 14.7 Å². The minimum Gasteiger partial charge on any atom is -0.457 e. The summed E-state index contributed by atoms with van der Waals surface area (Å²) in [6.45, 7) is 0.655. The van der Waals surface area contributed by atoms with Crippen LogP contribution < -0.4 is 9.64 Å². The first-order valence-corrected chi connectivity index (χ1v) is 21.3. The average Bonchev–Trinajstić information content (AvgIpc) is 3.82. The number of benzene rings is 6. The molecule has 6 heteroatoms. The maximum Gasteiger partial charge on any atom is 0.144 e. The summed E-state index contributed by atoms with van der Waals surface area (Å²) in [6.07, 6.45) is 8.85. The predicted molar refractivity (Wildman–Crippen MR) is 237 cm³/mol. The zero-order chi connectivity index (χ0) is 38.7. The number of nitrogens with zero attached hydrogens (tertiary/aromatic N) is 5. The second-order valence-electron chi connectivity index (χ2n) is 17.5. The van der Waals surface area contributed by atoms with E-state index in [0.29, 0.717) is 18.5 Å². The fourth-order valence-electron chi connectivity index (χ4n) is 12.4. The molecule has 0 atom stereocenters. The summed E-state index contributed by atoms with van der Waals surface area (Å²) in [6, 6.07) is 56.9. The molecule has 0 amide bonds. The van der Waals surface area contributed by atoms with Gasteiger partial charge in [-0.1, -0.05) is 78.9 Å². The van der Waals surface area contributed by atoms with Crippen LogP contribution in [0.5, 0.6) is 11.5 Å². The summed E-state index contributed by atoms with van der Waals surface area (Å²) in [5.74, 6) is 6.62. The van der Waals surface area contributed by atoms with Gasteiger partial charge in [-0.2, -0.15) is 0 Å². The molecule has 286 valence electrons. The number of anilines is 2. The number of ether oxygens (including phenoxy) is 1. The number of hydrogen-bond donors (Lipinski definition) is 0. The Morgan fingerprint density at radius 1 is 0.559 bits per heavy atom. The summed E-state index contributed by atoms with van der Waals surface area (Å²) in [5.41, 5.74) is 10.6. The van der Waals surface area contributed by atoms with Gasteiger partial charge >= 0.3 is 0 Å². The Bertz CT molecular complexity index is 3080. The molecule has 3 aromatic heterocycles. The highest BCUT2D eigenvalue weighted by Gasteiger charge is 2.58. The van der Waals surface area contributed by atoms with Crippen molar-refractivity contribution in [3.63, 3.8) is 0 Å². The van der Waals surface area contributed by atoms with Crippen LogP contribution in [0.3, 0.4) is 0 Å². The Kier molecular flexibility index (Phi) is 7.16. The van der Waals surface area contributed by atoms with Crippen LogP contribution in [-0.4, -0.2) is 19.1 Å². The van der Waals surface area contributed by atoms with Crippen LogP contribution in [0, 0.1) is 23.7 Å². The molecular weight excluding hydrogens is 723 g/mol. The van der Waals surface area contributed by atoms with Crippen molar-refractivity contribution in [3.8, 4) is 28.7 Å². The van der Waals surface area contributed by atoms with Gasteiger partial charge in [-0.15, -0.1) is 0 Å². The topological polar surface area (TPSA) is 48.1 Å². The smallest absolute Gasteiger partial charge is 0.144 e. The molecule has 0 N–H and O–H groups in total. The molecule has 6 aromatic carbocycles. The van der Waals surface area contributed by atoms with Crippen LogP contribution in [0.4, 0.5) is 11.4 Å². The van der Waals surface area contributed by atoms with Crippen molar-refractivity contribution in [2.75, 3.05) is 4.90 Å². The summed E-state index contributed by atoms with van der Waals surface area (Å²) in [5, 5.41) is 2.40. The molecule has 5 aliphatic rings. The molecule has 14 rings (SSSR count). The summed E-state index contributed by atoms with van der Waals surface area (Å²) in [4.78, 5) is 12.5. The van der Waals surface area contributed by atoms with Gasteiger partial charge in [0.15, 0.2) is 0 Å². The molecule has 0 saturated heterocycles. The van der Waals surface area contributed by atoms with Gasteiger partial charge in [-0.3, -0.25) is 4.57 Å². The molecule has 4 heterocycles. The number of imidazole rings is 1. The van der Waals surface area contributed by atoms with Gasteiger partial charge in [-0.25, -0.2) is 9.97 Å². The molecule has 0 radical (unpaired) electrons. The molecule has 4 fully saturated rings. The number of rotatable bonds is 6. The zero-order valence-corrected chi connectivity index (χ0v) is 32.8. The van der Waals surface area contributed by atoms with E-state index >= 15 is 0 Å². The predicted octanol–water partition coefficient (Wildman–Crippen LogP) is 12.8. The van der Waals surface area contributed by atoms with E-state index in [-0.39, 0.29) is 5.41 Å². The minimum atomic E-state index is 0.00577. The van der Waals surface area contributed by atoms with Gasteiger partial charge in [-0.05, 0) is 134 Å². The summed E-state index contributed by atoms with van der Waals surface area (Å²) in [7, 11) is 0. The van der Waals surface area contributed by atoms with Crippen LogP contribution in [0.1, 0.15) is 43.2 Å². The Morgan fingerprint density at radius 2 is 1.29 bits per heavy atom. The highest BCUT2D eigenvalue weighted by molar-refractivity contribution is 6.09. The van der Waals surface area contributed by atoms with Gasteiger partial charge in [0.2, 0.25) is 0 Å². The second kappa shape index (κ2) is 12.7. The molecule has 0 spiro atoms. The molecule has 4 aliphatic carbocycles. The highest BCUT2D eigenvalue weighted by Crippen LogP contribution is 2.65. The quantitative estimate of drug-likeness (QED) is 0.169. The Morgan fingerprint density at radius 3 is 2.15 bits per heavy atom. The van der Waals surface area contributed by atoms with Crippen molar-refractivity contribution in [2.45, 2.75) is 44.2 Å². The van der Waals surface area contributed by atoms with Gasteiger partial charge in [0, 0.05) is 45.8 Å². The normalized spacial score (nSPS) is 22.9. The standard InChI is InChI=1S/C53H43N5O/c1-2-11-36(12-3-1)53(38-26-34-25-35(28-38)29-39(53)27-34)37-23-24-54-51(30-37)58-48-19-8-4-15-43(48)44-22-21-42(32-50(44)58)59-41-14-10-13-40(31-41)56-33-57-49-20-9-6-17-46(49)55-52(57)45-16-5-7-18-47(45)56/h1-24,30-32,34-35,38-39H,25-29,33H2. The van der Waals surface area contributed by atoms with Crippen molar-refractivity contribution in [2.24, 2.45) is 23.7 Å². The van der Waals surface area contributed by atoms with Crippen molar-refractivity contribution in [3.05, 3.63) is 175 Å². The van der Waals surface area contributed by atoms with E-state index in [9.17, 15) is 0 Å². The van der Waals surface area contributed by atoms with Crippen LogP contribution >= 0.6 is 0 Å². The lowest BCUT2D eigenvalue weighted by atomic mass is 9.42. The molecule has 6 nitrogen and oxygen atoms in total. The van der Waals surface area contributed by atoms with E-state index < -0.39 is 0 Å². The van der Waals surface area contributed by atoms with Crippen molar-refractivity contribution in [1.29, 1.82) is 0 Å². The Labute approximate surface area is 343 Å². The molecule has 0 unspecified atom stereocenters. The monoisotopic (exact) mass is 765 g/mol. The van der Waals surface area contributed by atoms with Crippen LogP contribution in [0.2, 0.25) is 0 Å². The average molecular weight is 766 g/mol. The lowest BCUT2D eigenvalue weighted by Crippen LogP contribution is -2.56. The second-order valence-corrected chi connectivity index (χ2v) is 17.5. The number of fused-ring (bicyclic) bond motifs is 8. The first kappa shape index (κ1) is 33.3. The van der Waals surface area contributed by atoms with Gasteiger partial charge in [0.25, 0.3) is 0 Å². The van der Waals surface area contributed by atoms with Gasteiger partial charge in [0.1, 0.15) is 29.8 Å². The maximum atomic E-state index is 6.80. The highest BCUT2D eigenvalue weighted by atomic mass is 16.5. The van der Waals surface area contributed by atoms with E-state index in [1.165, 1.54) is 54.0 Å². The SMILES string of the molecule is c1ccc(C2(c3ccnc(-n4c5ccccc5c5ccc(Oc6cccc(N7Cn8c(nc9ccccc98)-c8ccccc87)c6)cc54)c3)C3CC4CC(C3)CC2C4)cc1. The Hall–Kier alpha value is -6.66. The number of aromatic nitrogens is 4. The summed E-state index contributed by atoms with van der Waals surface area (Å²) < 4.78 is 11.5. The van der Waals surface area contributed by atoms with Crippen LogP contribution in [0.15, 0.2) is 164 Å². The molecule has 59 heavy (non-hydrogen) atoms. The first-order chi connectivity index (χ1) is 29.2. The zero-order valence-electron chi connectivity index (χ0n) is 32.8. The molecular formula is C53H43N5O. The number of para-hydroxylation sites is 4. The summed E-state index contributed by atoms with van der Waals surface area (Å²) >= 11 is 0. The lowest BCUT2D eigenvalue weighted by molar-refractivity contribution is -0.0418. The first-order valence-electron chi connectivity index (χ1n) is 21.3. The molecule has 4 bridgehead atoms. The van der Waals surface area contributed by atoms with Crippen molar-refractivity contribution < 1.29 is 4.74 Å². The van der Waals surface area contributed by atoms with Gasteiger partial charge < -0.3 is 14.2 Å². The third-order valence-corrected chi connectivity index (χ3v) is 14.5. The van der Waals surface area contributed by atoms with Gasteiger partial charge in [0.05, 0.1) is 27.8 Å². The molecule has 9 aromatic rings. The number of hydrogen-bond acceptors (Lipinski definition) is 4. The van der Waals surface area contributed by atoms with Crippen molar-refractivity contribution >= 4 is 44.2 Å². The minimum absolute atomic E-state index is 0.00577. The van der Waals surface area contributed by atoms with E-state index in [1.54, 1.807) is 0 Å². The maximum absolute atomic E-state index is 6.80. The van der Waals surface area contributed by atoms with E-state index in [0.717, 1.165) is 74.0 Å².